The van der Waals surface area contributed by atoms with Gasteiger partial charge in [-0.2, -0.15) is 0 Å². The Balaban J connectivity index is 2.61. The van der Waals surface area contributed by atoms with Crippen molar-refractivity contribution in [3.63, 3.8) is 0 Å². The molecule has 1 rings (SSSR count). The van der Waals surface area contributed by atoms with Crippen molar-refractivity contribution in [2.24, 2.45) is 5.73 Å². The van der Waals surface area contributed by atoms with E-state index in [0.717, 1.165) is 12.8 Å². The minimum atomic E-state index is -0.311. The van der Waals surface area contributed by atoms with Crippen LogP contribution in [0.5, 0.6) is 5.88 Å². The molecule has 0 aliphatic heterocycles. The maximum absolute atomic E-state index is 6.08. The van der Waals surface area contributed by atoms with Crippen LogP contribution in [-0.4, -0.2) is 22.1 Å². The predicted molar refractivity (Wildman–Crippen MR) is 60.0 cm³/mol. The highest BCUT2D eigenvalue weighted by atomic mass is 35.5. The molecular weight excluding hydrogens is 214 g/mol. The summed E-state index contributed by atoms with van der Waals surface area (Å²) in [5.41, 5.74) is 5.77. The third-order valence-corrected chi connectivity index (χ3v) is 2.80. The van der Waals surface area contributed by atoms with E-state index >= 15 is 0 Å². The first-order valence-electron chi connectivity index (χ1n) is 4.98. The Bertz CT molecular complexity index is 315. The molecule has 0 aromatic carbocycles. The number of nitrogens with zero attached hydrogens (tertiary/aromatic N) is 2. The molecule has 0 aliphatic rings. The maximum atomic E-state index is 6.08. The average Bonchev–Trinajstić information content (AvgIpc) is 2.28. The molecule has 84 valence electrons. The molecule has 0 bridgehead atoms. The highest BCUT2D eigenvalue weighted by Gasteiger charge is 2.21. The van der Waals surface area contributed by atoms with Crippen molar-refractivity contribution in [1.29, 1.82) is 0 Å². The first-order chi connectivity index (χ1) is 7.11. The molecule has 0 saturated carbocycles. The number of halogens is 1. The van der Waals surface area contributed by atoms with Gasteiger partial charge in [-0.3, -0.25) is 0 Å². The summed E-state index contributed by atoms with van der Waals surface area (Å²) in [6.07, 6.45) is 4.61. The zero-order valence-electron chi connectivity index (χ0n) is 9.03. The van der Waals surface area contributed by atoms with Crippen molar-refractivity contribution in [2.75, 3.05) is 6.61 Å². The SMILES string of the molecule is CCC(N)(CC)COc1ncncc1Cl. The Labute approximate surface area is 94.8 Å². The van der Waals surface area contributed by atoms with Crippen LogP contribution in [0.15, 0.2) is 12.5 Å². The lowest BCUT2D eigenvalue weighted by atomic mass is 9.96. The Morgan fingerprint density at radius 3 is 2.67 bits per heavy atom. The summed E-state index contributed by atoms with van der Waals surface area (Å²) in [6, 6.07) is 0. The zero-order chi connectivity index (χ0) is 11.3. The molecule has 0 unspecified atom stereocenters. The highest BCUT2D eigenvalue weighted by Crippen LogP contribution is 2.21. The van der Waals surface area contributed by atoms with Crippen LogP contribution in [-0.2, 0) is 0 Å². The first-order valence-corrected chi connectivity index (χ1v) is 5.36. The summed E-state index contributed by atoms with van der Waals surface area (Å²) < 4.78 is 5.48. The number of aromatic nitrogens is 2. The van der Waals surface area contributed by atoms with Crippen molar-refractivity contribution in [2.45, 2.75) is 32.2 Å². The molecule has 1 heterocycles. The van der Waals surface area contributed by atoms with E-state index in [1.165, 1.54) is 12.5 Å². The number of rotatable bonds is 5. The van der Waals surface area contributed by atoms with Crippen LogP contribution in [0.1, 0.15) is 26.7 Å². The molecule has 0 atom stereocenters. The van der Waals surface area contributed by atoms with Crippen molar-refractivity contribution >= 4 is 11.6 Å². The van der Waals surface area contributed by atoms with Gasteiger partial charge in [0.05, 0.1) is 6.20 Å². The van der Waals surface area contributed by atoms with Crippen LogP contribution in [0.2, 0.25) is 5.02 Å². The predicted octanol–water partition coefficient (Wildman–Crippen LogP) is 2.03. The lowest BCUT2D eigenvalue weighted by Crippen LogP contribution is -2.44. The van der Waals surface area contributed by atoms with Crippen LogP contribution >= 0.6 is 11.6 Å². The molecule has 0 fully saturated rings. The zero-order valence-corrected chi connectivity index (χ0v) is 9.79. The monoisotopic (exact) mass is 229 g/mol. The van der Waals surface area contributed by atoms with E-state index < -0.39 is 0 Å². The lowest BCUT2D eigenvalue weighted by molar-refractivity contribution is 0.200. The van der Waals surface area contributed by atoms with E-state index in [4.69, 9.17) is 22.1 Å². The van der Waals surface area contributed by atoms with Gasteiger partial charge in [0, 0.05) is 5.54 Å². The Morgan fingerprint density at radius 1 is 1.47 bits per heavy atom. The van der Waals surface area contributed by atoms with Crippen LogP contribution < -0.4 is 10.5 Å². The van der Waals surface area contributed by atoms with Gasteiger partial charge >= 0.3 is 0 Å². The molecule has 0 radical (unpaired) electrons. The van der Waals surface area contributed by atoms with Gasteiger partial charge in [0.25, 0.3) is 0 Å². The number of hydrogen-bond donors (Lipinski definition) is 1. The van der Waals surface area contributed by atoms with Crippen molar-refractivity contribution < 1.29 is 4.74 Å². The second kappa shape index (κ2) is 5.28. The summed E-state index contributed by atoms with van der Waals surface area (Å²) in [5.74, 6) is 0.392. The fourth-order valence-electron chi connectivity index (χ4n) is 1.07. The Hall–Kier alpha value is -0.870. The van der Waals surface area contributed by atoms with Gasteiger partial charge in [-0.15, -0.1) is 0 Å². The minimum Gasteiger partial charge on any atom is -0.475 e. The standard InChI is InChI=1S/C10H16ClN3O/c1-3-10(12,4-2)6-15-9-8(11)5-13-7-14-9/h5,7H,3-4,6,12H2,1-2H3. The Morgan fingerprint density at radius 2 is 2.13 bits per heavy atom. The quantitative estimate of drug-likeness (QED) is 0.839. The second-order valence-electron chi connectivity index (χ2n) is 3.53. The van der Waals surface area contributed by atoms with Crippen molar-refractivity contribution in [3.05, 3.63) is 17.5 Å². The first kappa shape index (κ1) is 12.2. The van der Waals surface area contributed by atoms with Gasteiger partial charge in [0.15, 0.2) is 0 Å². The molecule has 0 amide bonds. The van der Waals surface area contributed by atoms with Gasteiger partial charge in [-0.05, 0) is 12.8 Å². The van der Waals surface area contributed by atoms with E-state index in [2.05, 4.69) is 9.97 Å². The fraction of sp³-hybridized carbons (Fsp3) is 0.600. The maximum Gasteiger partial charge on any atom is 0.235 e. The molecule has 4 nitrogen and oxygen atoms in total. The fourth-order valence-corrected chi connectivity index (χ4v) is 1.23. The average molecular weight is 230 g/mol. The van der Waals surface area contributed by atoms with E-state index in [1.54, 1.807) is 0 Å². The third-order valence-electron chi connectivity index (χ3n) is 2.54. The normalized spacial score (nSPS) is 11.5. The molecular formula is C10H16ClN3O. The molecule has 2 N–H and O–H groups in total. The molecule has 0 aliphatic carbocycles. The largest absolute Gasteiger partial charge is 0.475 e. The summed E-state index contributed by atoms with van der Waals surface area (Å²) in [6.45, 7) is 4.49. The van der Waals surface area contributed by atoms with Crippen molar-refractivity contribution in [3.8, 4) is 5.88 Å². The van der Waals surface area contributed by atoms with Crippen molar-refractivity contribution in [1.82, 2.24) is 9.97 Å². The number of nitrogens with two attached hydrogens (primary N) is 1. The molecule has 0 saturated heterocycles. The van der Waals surface area contributed by atoms with Gasteiger partial charge in [0.2, 0.25) is 5.88 Å². The van der Waals surface area contributed by atoms with Gasteiger partial charge in [0.1, 0.15) is 18.0 Å². The summed E-state index contributed by atoms with van der Waals surface area (Å²) in [4.78, 5) is 7.70. The summed E-state index contributed by atoms with van der Waals surface area (Å²) in [5, 5.41) is 0.409. The number of hydrogen-bond acceptors (Lipinski definition) is 4. The summed E-state index contributed by atoms with van der Waals surface area (Å²) >= 11 is 5.85. The van der Waals surface area contributed by atoms with Crippen LogP contribution in [0, 0.1) is 0 Å². The summed E-state index contributed by atoms with van der Waals surface area (Å²) in [7, 11) is 0. The molecule has 0 spiro atoms. The Kier molecular flexibility index (Phi) is 4.29. The van der Waals surface area contributed by atoms with Gasteiger partial charge < -0.3 is 10.5 Å². The van der Waals surface area contributed by atoms with Crippen LogP contribution in [0.25, 0.3) is 0 Å². The van der Waals surface area contributed by atoms with Crippen LogP contribution in [0.3, 0.4) is 0 Å². The minimum absolute atomic E-state index is 0.311. The number of ether oxygens (including phenoxy) is 1. The molecule has 15 heavy (non-hydrogen) atoms. The second-order valence-corrected chi connectivity index (χ2v) is 3.94. The third kappa shape index (κ3) is 3.32. The van der Waals surface area contributed by atoms with Crippen LogP contribution in [0.4, 0.5) is 0 Å². The molecule has 5 heteroatoms. The highest BCUT2D eigenvalue weighted by molar-refractivity contribution is 6.31. The molecule has 1 aromatic rings. The van der Waals surface area contributed by atoms with Gasteiger partial charge in [-0.1, -0.05) is 25.4 Å². The van der Waals surface area contributed by atoms with E-state index in [0.29, 0.717) is 17.5 Å². The van der Waals surface area contributed by atoms with E-state index in [9.17, 15) is 0 Å². The van der Waals surface area contributed by atoms with E-state index in [1.807, 2.05) is 13.8 Å². The lowest BCUT2D eigenvalue weighted by Gasteiger charge is -2.26. The topological polar surface area (TPSA) is 61.0 Å². The van der Waals surface area contributed by atoms with E-state index in [-0.39, 0.29) is 5.54 Å². The molecule has 1 aromatic heterocycles. The van der Waals surface area contributed by atoms with Gasteiger partial charge in [-0.25, -0.2) is 9.97 Å². The smallest absolute Gasteiger partial charge is 0.235 e.